The van der Waals surface area contributed by atoms with Gasteiger partial charge < -0.3 is 9.99 Å². The van der Waals surface area contributed by atoms with E-state index in [1.165, 1.54) is 23.9 Å². The fourth-order valence-corrected chi connectivity index (χ4v) is 2.28. The lowest BCUT2D eigenvalue weighted by Gasteiger charge is -2.09. The first kappa shape index (κ1) is 15.1. The van der Waals surface area contributed by atoms with Crippen molar-refractivity contribution >= 4 is 27.4 Å². The molecule has 2 rings (SSSR count). The van der Waals surface area contributed by atoms with Crippen molar-refractivity contribution in [3.05, 3.63) is 60.6 Å². The standard InChI is InChI=1S/C12H12BrN5O3/c1-7-9(18(20)21)6-17(12(19)11(7)13)5-8-2-3-15-10(4-8)16-14/h2-4,6H,5,14H2,1H3,(H,15,16). The molecule has 3 N–H and O–H groups in total. The summed E-state index contributed by atoms with van der Waals surface area (Å²) in [5.41, 5.74) is 2.99. The predicted molar refractivity (Wildman–Crippen MR) is 80.9 cm³/mol. The minimum absolute atomic E-state index is 0.118. The van der Waals surface area contributed by atoms with E-state index >= 15 is 0 Å². The summed E-state index contributed by atoms with van der Waals surface area (Å²) in [5, 5.41) is 11.0. The molecule has 0 saturated carbocycles. The van der Waals surface area contributed by atoms with Crippen LogP contribution in [0.1, 0.15) is 11.1 Å². The number of nitro groups is 1. The predicted octanol–water partition coefficient (Wildman–Crippen LogP) is 1.56. The van der Waals surface area contributed by atoms with Crippen LogP contribution >= 0.6 is 15.9 Å². The number of aromatic nitrogens is 2. The number of pyridine rings is 2. The SMILES string of the molecule is Cc1c([N+](=O)[O-])cn(Cc2ccnc(NN)c2)c(=O)c1Br. The van der Waals surface area contributed by atoms with E-state index in [1.54, 1.807) is 12.1 Å². The third-order valence-electron chi connectivity index (χ3n) is 2.96. The van der Waals surface area contributed by atoms with Crippen molar-refractivity contribution in [2.24, 2.45) is 5.84 Å². The first-order valence-electron chi connectivity index (χ1n) is 5.89. The van der Waals surface area contributed by atoms with Gasteiger partial charge in [-0.15, -0.1) is 0 Å². The number of nitrogens with zero attached hydrogens (tertiary/aromatic N) is 3. The van der Waals surface area contributed by atoms with Crippen LogP contribution in [0.5, 0.6) is 0 Å². The number of nitrogens with two attached hydrogens (primary N) is 1. The van der Waals surface area contributed by atoms with E-state index in [4.69, 9.17) is 5.84 Å². The monoisotopic (exact) mass is 353 g/mol. The van der Waals surface area contributed by atoms with Crippen molar-refractivity contribution in [3.8, 4) is 0 Å². The third-order valence-corrected chi connectivity index (χ3v) is 3.90. The smallest absolute Gasteiger partial charge is 0.289 e. The minimum Gasteiger partial charge on any atom is -0.308 e. The Labute approximate surface area is 127 Å². The molecule has 9 heteroatoms. The maximum absolute atomic E-state index is 12.2. The molecule has 8 nitrogen and oxygen atoms in total. The number of hydrogen-bond acceptors (Lipinski definition) is 6. The number of halogens is 1. The van der Waals surface area contributed by atoms with Crippen LogP contribution < -0.4 is 16.8 Å². The van der Waals surface area contributed by atoms with E-state index in [-0.39, 0.29) is 22.3 Å². The Morgan fingerprint density at radius 3 is 2.90 bits per heavy atom. The molecule has 21 heavy (non-hydrogen) atoms. The fourth-order valence-electron chi connectivity index (χ4n) is 1.85. The molecule has 0 saturated heterocycles. The summed E-state index contributed by atoms with van der Waals surface area (Å²) in [4.78, 5) is 26.6. The highest BCUT2D eigenvalue weighted by molar-refractivity contribution is 9.10. The zero-order valence-corrected chi connectivity index (χ0v) is 12.6. The highest BCUT2D eigenvalue weighted by Gasteiger charge is 2.18. The summed E-state index contributed by atoms with van der Waals surface area (Å²) in [6.07, 6.45) is 2.77. The third kappa shape index (κ3) is 3.09. The van der Waals surface area contributed by atoms with Crippen LogP contribution in [0.2, 0.25) is 0 Å². The number of rotatable bonds is 4. The Hall–Kier alpha value is -2.26. The molecule has 0 amide bonds. The second kappa shape index (κ2) is 6.02. The first-order chi connectivity index (χ1) is 9.93. The molecule has 0 unspecified atom stereocenters. The molecule has 0 aromatic carbocycles. The molecule has 0 radical (unpaired) electrons. The maximum atomic E-state index is 12.2. The van der Waals surface area contributed by atoms with Crippen molar-refractivity contribution in [3.63, 3.8) is 0 Å². The number of hydrazine groups is 1. The summed E-state index contributed by atoms with van der Waals surface area (Å²) in [6.45, 7) is 1.70. The van der Waals surface area contributed by atoms with E-state index in [9.17, 15) is 14.9 Å². The molecule has 0 atom stereocenters. The molecule has 0 spiro atoms. The summed E-state index contributed by atoms with van der Waals surface area (Å²) in [6, 6.07) is 3.36. The van der Waals surface area contributed by atoms with Crippen molar-refractivity contribution < 1.29 is 4.92 Å². The molecule has 2 heterocycles. The second-order valence-electron chi connectivity index (χ2n) is 4.34. The van der Waals surface area contributed by atoms with Crippen LogP contribution in [0.3, 0.4) is 0 Å². The van der Waals surface area contributed by atoms with Crippen molar-refractivity contribution in [2.75, 3.05) is 5.43 Å². The van der Waals surface area contributed by atoms with Gasteiger partial charge in [-0.05, 0) is 40.5 Å². The van der Waals surface area contributed by atoms with Gasteiger partial charge >= 0.3 is 0 Å². The van der Waals surface area contributed by atoms with Gasteiger partial charge in [0.1, 0.15) is 5.82 Å². The van der Waals surface area contributed by atoms with E-state index in [0.717, 1.165) is 5.56 Å². The Bertz CT molecular complexity index is 759. The van der Waals surface area contributed by atoms with Crippen molar-refractivity contribution in [1.82, 2.24) is 9.55 Å². The highest BCUT2D eigenvalue weighted by atomic mass is 79.9. The number of nitrogen functional groups attached to an aromatic ring is 1. The topological polar surface area (TPSA) is 116 Å². The molecule has 0 aliphatic carbocycles. The zero-order valence-electron chi connectivity index (χ0n) is 11.0. The van der Waals surface area contributed by atoms with Gasteiger partial charge in [0.25, 0.3) is 11.2 Å². The molecule has 2 aromatic heterocycles. The van der Waals surface area contributed by atoms with Gasteiger partial charge in [0.05, 0.1) is 22.1 Å². The molecule has 0 bridgehead atoms. The van der Waals surface area contributed by atoms with Crippen LogP contribution in [-0.4, -0.2) is 14.5 Å². The molecule has 0 fully saturated rings. The van der Waals surface area contributed by atoms with Gasteiger partial charge in [0, 0.05) is 11.8 Å². The molecule has 0 aliphatic rings. The average Bonchev–Trinajstić information content (AvgIpc) is 2.47. The maximum Gasteiger partial charge on any atom is 0.289 e. The lowest BCUT2D eigenvalue weighted by atomic mass is 10.2. The zero-order chi connectivity index (χ0) is 15.6. The molecule has 0 aliphatic heterocycles. The van der Waals surface area contributed by atoms with Crippen LogP contribution in [0, 0.1) is 17.0 Å². The summed E-state index contributed by atoms with van der Waals surface area (Å²) >= 11 is 3.11. The van der Waals surface area contributed by atoms with Gasteiger partial charge in [-0.2, -0.15) is 0 Å². The lowest BCUT2D eigenvalue weighted by molar-refractivity contribution is -0.386. The van der Waals surface area contributed by atoms with E-state index in [2.05, 4.69) is 26.3 Å². The van der Waals surface area contributed by atoms with Crippen LogP contribution in [0.4, 0.5) is 11.5 Å². The molecular weight excluding hydrogens is 342 g/mol. The molecule has 110 valence electrons. The van der Waals surface area contributed by atoms with Crippen molar-refractivity contribution in [1.29, 1.82) is 0 Å². The van der Waals surface area contributed by atoms with Gasteiger partial charge in [-0.3, -0.25) is 14.9 Å². The quantitative estimate of drug-likeness (QED) is 0.489. The van der Waals surface area contributed by atoms with Crippen LogP contribution in [0.25, 0.3) is 0 Å². The highest BCUT2D eigenvalue weighted by Crippen LogP contribution is 2.22. The van der Waals surface area contributed by atoms with Crippen LogP contribution in [-0.2, 0) is 6.54 Å². The Morgan fingerprint density at radius 1 is 1.57 bits per heavy atom. The Morgan fingerprint density at radius 2 is 2.29 bits per heavy atom. The van der Waals surface area contributed by atoms with Gasteiger partial charge in [0.2, 0.25) is 0 Å². The number of hydrogen-bond donors (Lipinski definition) is 2. The first-order valence-corrected chi connectivity index (χ1v) is 6.68. The normalized spacial score (nSPS) is 10.4. The van der Waals surface area contributed by atoms with Gasteiger partial charge in [-0.25, -0.2) is 10.8 Å². The number of nitrogens with one attached hydrogen (secondary N) is 1. The van der Waals surface area contributed by atoms with E-state index < -0.39 is 4.92 Å². The van der Waals surface area contributed by atoms with Crippen molar-refractivity contribution in [2.45, 2.75) is 13.5 Å². The second-order valence-corrected chi connectivity index (χ2v) is 5.13. The van der Waals surface area contributed by atoms with Gasteiger partial charge in [0.15, 0.2) is 0 Å². The van der Waals surface area contributed by atoms with E-state index in [0.29, 0.717) is 11.4 Å². The summed E-state index contributed by atoms with van der Waals surface area (Å²) in [5.74, 6) is 5.72. The largest absolute Gasteiger partial charge is 0.308 e. The Kier molecular flexibility index (Phi) is 4.34. The van der Waals surface area contributed by atoms with E-state index in [1.807, 2.05) is 0 Å². The number of anilines is 1. The Balaban J connectivity index is 2.49. The lowest BCUT2D eigenvalue weighted by Crippen LogP contribution is -2.23. The fraction of sp³-hybridized carbons (Fsp3) is 0.167. The summed E-state index contributed by atoms with van der Waals surface area (Å²) < 4.78 is 1.45. The molecular formula is C12H12BrN5O3. The summed E-state index contributed by atoms with van der Waals surface area (Å²) in [7, 11) is 0. The average molecular weight is 354 g/mol. The minimum atomic E-state index is -0.518. The molecule has 2 aromatic rings. The van der Waals surface area contributed by atoms with Gasteiger partial charge in [-0.1, -0.05) is 0 Å². The van der Waals surface area contributed by atoms with Crippen LogP contribution in [0.15, 0.2) is 33.8 Å².